The molecule has 2 aromatic carbocycles. The highest BCUT2D eigenvalue weighted by molar-refractivity contribution is 5.94. The molecule has 3 aromatic rings. The third-order valence-electron chi connectivity index (χ3n) is 6.53. The average Bonchev–Trinajstić information content (AvgIpc) is 3.01. The standard InChI is InChI=1S/C26H27N3O2/c1-31-22-16-21(17-27-18-22)26(30)29-14-12-28(13-15-29)25-23-8-4-2-6-19(23)10-11-20-7-3-5-9-24(20)25/h2-9,16-18,25H,10-15H2,1H3. The minimum absolute atomic E-state index is 0.0210. The second-order valence-electron chi connectivity index (χ2n) is 8.24. The summed E-state index contributed by atoms with van der Waals surface area (Å²) in [4.78, 5) is 21.6. The molecular weight excluding hydrogens is 386 g/mol. The summed E-state index contributed by atoms with van der Waals surface area (Å²) < 4.78 is 5.23. The molecule has 0 N–H and O–H groups in total. The predicted octanol–water partition coefficient (Wildman–Crippen LogP) is 3.74. The molecule has 2 aliphatic rings. The second-order valence-corrected chi connectivity index (χ2v) is 8.24. The Labute approximate surface area is 183 Å². The Bertz CT molecular complexity index is 1040. The van der Waals surface area contributed by atoms with Crippen LogP contribution in [0.5, 0.6) is 5.75 Å². The van der Waals surface area contributed by atoms with Crippen LogP contribution in [0.2, 0.25) is 0 Å². The Hall–Kier alpha value is -3.18. The van der Waals surface area contributed by atoms with Crippen LogP contribution in [-0.2, 0) is 12.8 Å². The molecule has 0 saturated carbocycles. The highest BCUT2D eigenvalue weighted by Crippen LogP contribution is 2.37. The second kappa shape index (κ2) is 8.52. The van der Waals surface area contributed by atoms with Crippen LogP contribution in [0.15, 0.2) is 67.0 Å². The number of aromatic nitrogens is 1. The van der Waals surface area contributed by atoms with E-state index in [9.17, 15) is 4.79 Å². The van der Waals surface area contributed by atoms with Crippen molar-refractivity contribution in [3.8, 4) is 5.75 Å². The van der Waals surface area contributed by atoms with Crippen molar-refractivity contribution in [2.24, 2.45) is 0 Å². The van der Waals surface area contributed by atoms with E-state index in [0.717, 1.165) is 25.9 Å². The molecule has 0 unspecified atom stereocenters. The molecule has 1 aromatic heterocycles. The van der Waals surface area contributed by atoms with Gasteiger partial charge in [0.1, 0.15) is 5.75 Å². The Kier molecular flexibility index (Phi) is 5.43. The molecule has 1 fully saturated rings. The molecule has 1 aliphatic heterocycles. The SMILES string of the molecule is COc1cncc(C(=O)N2CCN(C3c4ccccc4CCc4ccccc43)CC2)c1. The van der Waals surface area contributed by atoms with Gasteiger partial charge in [0.25, 0.3) is 5.91 Å². The van der Waals surface area contributed by atoms with Gasteiger partial charge in [-0.2, -0.15) is 0 Å². The highest BCUT2D eigenvalue weighted by atomic mass is 16.5. The first-order valence-corrected chi connectivity index (χ1v) is 10.9. The van der Waals surface area contributed by atoms with E-state index in [1.807, 2.05) is 4.90 Å². The van der Waals surface area contributed by atoms with Gasteiger partial charge >= 0.3 is 0 Å². The molecule has 5 heteroatoms. The smallest absolute Gasteiger partial charge is 0.255 e. The topological polar surface area (TPSA) is 45.7 Å². The molecular formula is C26H27N3O2. The number of methoxy groups -OCH3 is 1. The summed E-state index contributed by atoms with van der Waals surface area (Å²) in [6, 6.07) is 19.7. The van der Waals surface area contributed by atoms with Gasteiger partial charge in [-0.1, -0.05) is 48.5 Å². The maximum Gasteiger partial charge on any atom is 0.255 e. The number of fused-ring (bicyclic) bond motifs is 2. The summed E-state index contributed by atoms with van der Waals surface area (Å²) in [5, 5.41) is 0. The number of hydrogen-bond acceptors (Lipinski definition) is 4. The van der Waals surface area contributed by atoms with Gasteiger partial charge in [0.2, 0.25) is 0 Å². The third kappa shape index (κ3) is 3.81. The van der Waals surface area contributed by atoms with Crippen LogP contribution in [0, 0.1) is 0 Å². The fourth-order valence-electron chi connectivity index (χ4n) is 4.90. The zero-order chi connectivity index (χ0) is 21.2. The molecule has 5 rings (SSSR count). The van der Waals surface area contributed by atoms with Crippen LogP contribution in [0.1, 0.15) is 38.7 Å². The van der Waals surface area contributed by atoms with E-state index in [4.69, 9.17) is 4.74 Å². The maximum absolute atomic E-state index is 13.0. The van der Waals surface area contributed by atoms with Gasteiger partial charge in [-0.25, -0.2) is 0 Å². The van der Waals surface area contributed by atoms with Crippen molar-refractivity contribution in [2.45, 2.75) is 18.9 Å². The molecule has 1 saturated heterocycles. The van der Waals surface area contributed by atoms with Crippen LogP contribution < -0.4 is 4.74 Å². The number of carbonyl (C=O) groups excluding carboxylic acids is 1. The maximum atomic E-state index is 13.0. The highest BCUT2D eigenvalue weighted by Gasteiger charge is 2.32. The summed E-state index contributed by atoms with van der Waals surface area (Å²) in [5.74, 6) is 0.629. The van der Waals surface area contributed by atoms with E-state index in [0.29, 0.717) is 24.4 Å². The normalized spacial score (nSPS) is 16.9. The Morgan fingerprint density at radius 1 is 0.903 bits per heavy atom. The molecule has 158 valence electrons. The van der Waals surface area contributed by atoms with E-state index in [2.05, 4.69) is 58.4 Å². The molecule has 31 heavy (non-hydrogen) atoms. The summed E-state index contributed by atoms with van der Waals surface area (Å²) in [6.45, 7) is 3.10. The lowest BCUT2D eigenvalue weighted by Gasteiger charge is -2.40. The summed E-state index contributed by atoms with van der Waals surface area (Å²) in [6.07, 6.45) is 5.39. The fraction of sp³-hybridized carbons (Fsp3) is 0.308. The monoisotopic (exact) mass is 413 g/mol. The number of carbonyl (C=O) groups is 1. The first kappa shape index (κ1) is 19.8. The molecule has 1 aliphatic carbocycles. The number of nitrogens with zero attached hydrogens (tertiary/aromatic N) is 3. The number of amides is 1. The molecule has 1 amide bonds. The fourth-order valence-corrected chi connectivity index (χ4v) is 4.90. The Morgan fingerprint density at radius 2 is 1.52 bits per heavy atom. The summed E-state index contributed by atoms with van der Waals surface area (Å²) >= 11 is 0. The van der Waals surface area contributed by atoms with E-state index >= 15 is 0 Å². The number of rotatable bonds is 3. The van der Waals surface area contributed by atoms with Crippen molar-refractivity contribution in [2.75, 3.05) is 33.3 Å². The molecule has 2 heterocycles. The molecule has 0 atom stereocenters. The van der Waals surface area contributed by atoms with Gasteiger partial charge in [0, 0.05) is 32.4 Å². The lowest BCUT2D eigenvalue weighted by molar-refractivity contribution is 0.0596. The van der Waals surface area contributed by atoms with Crippen molar-refractivity contribution in [3.05, 3.63) is 94.8 Å². The molecule has 0 bridgehead atoms. The molecule has 0 radical (unpaired) electrons. The van der Waals surface area contributed by atoms with Gasteiger partial charge in [0.05, 0.1) is 24.9 Å². The van der Waals surface area contributed by atoms with Crippen molar-refractivity contribution in [1.82, 2.24) is 14.8 Å². The number of benzene rings is 2. The lowest BCUT2D eigenvalue weighted by Crippen LogP contribution is -2.50. The van der Waals surface area contributed by atoms with E-state index < -0.39 is 0 Å². The van der Waals surface area contributed by atoms with Crippen LogP contribution in [0.25, 0.3) is 0 Å². The average molecular weight is 414 g/mol. The van der Waals surface area contributed by atoms with Crippen molar-refractivity contribution >= 4 is 5.91 Å². The third-order valence-corrected chi connectivity index (χ3v) is 6.53. The molecule has 5 nitrogen and oxygen atoms in total. The van der Waals surface area contributed by atoms with Crippen LogP contribution in [0.4, 0.5) is 0 Å². The number of pyridine rings is 1. The number of ether oxygens (including phenoxy) is 1. The van der Waals surface area contributed by atoms with Crippen molar-refractivity contribution in [3.63, 3.8) is 0 Å². The quantitative estimate of drug-likeness (QED) is 0.656. The van der Waals surface area contributed by atoms with Crippen molar-refractivity contribution < 1.29 is 9.53 Å². The number of aryl methyl sites for hydroxylation is 2. The summed E-state index contributed by atoms with van der Waals surface area (Å²) in [5.41, 5.74) is 6.26. The zero-order valence-electron chi connectivity index (χ0n) is 17.8. The van der Waals surface area contributed by atoms with E-state index in [1.165, 1.54) is 22.3 Å². The Balaban J connectivity index is 1.39. The van der Waals surface area contributed by atoms with Gasteiger partial charge in [-0.15, -0.1) is 0 Å². The van der Waals surface area contributed by atoms with Crippen LogP contribution in [-0.4, -0.2) is 54.0 Å². The van der Waals surface area contributed by atoms with Gasteiger partial charge in [0.15, 0.2) is 0 Å². The minimum Gasteiger partial charge on any atom is -0.495 e. The predicted molar refractivity (Wildman–Crippen MR) is 120 cm³/mol. The van der Waals surface area contributed by atoms with Crippen LogP contribution >= 0.6 is 0 Å². The van der Waals surface area contributed by atoms with Gasteiger partial charge in [-0.3, -0.25) is 14.7 Å². The lowest BCUT2D eigenvalue weighted by atomic mass is 9.92. The molecule has 0 spiro atoms. The minimum atomic E-state index is 0.0210. The zero-order valence-corrected chi connectivity index (χ0v) is 17.8. The number of hydrogen-bond donors (Lipinski definition) is 0. The van der Waals surface area contributed by atoms with Crippen molar-refractivity contribution in [1.29, 1.82) is 0 Å². The largest absolute Gasteiger partial charge is 0.495 e. The van der Waals surface area contributed by atoms with Gasteiger partial charge < -0.3 is 9.64 Å². The van der Waals surface area contributed by atoms with Gasteiger partial charge in [-0.05, 0) is 41.2 Å². The van der Waals surface area contributed by atoms with E-state index in [-0.39, 0.29) is 11.9 Å². The number of piperazine rings is 1. The first-order chi connectivity index (χ1) is 15.2. The van der Waals surface area contributed by atoms with E-state index in [1.54, 1.807) is 25.6 Å². The summed E-state index contributed by atoms with van der Waals surface area (Å²) in [7, 11) is 1.59. The van der Waals surface area contributed by atoms with Crippen LogP contribution in [0.3, 0.4) is 0 Å². The Morgan fingerprint density at radius 3 is 2.13 bits per heavy atom. The first-order valence-electron chi connectivity index (χ1n) is 10.9.